The van der Waals surface area contributed by atoms with E-state index in [1.54, 1.807) is 0 Å². The zero-order valence-corrected chi connectivity index (χ0v) is 14.3. The van der Waals surface area contributed by atoms with Gasteiger partial charge in [-0.25, -0.2) is 0 Å². The Morgan fingerprint density at radius 3 is 2.11 bits per heavy atom. The van der Waals surface area contributed by atoms with Crippen LogP contribution in [0, 0.1) is 0 Å². The molecule has 2 rings (SSSR count). The lowest BCUT2D eigenvalue weighted by Gasteiger charge is -2.47. The maximum absolute atomic E-state index is 11.7. The second-order valence-electron chi connectivity index (χ2n) is 6.16. The first-order valence-electron chi connectivity index (χ1n) is 6.88. The maximum atomic E-state index is 11.7. The van der Waals surface area contributed by atoms with Crippen LogP contribution in [0.1, 0.15) is 32.3 Å². The Hall–Kier alpha value is -0.420. The molecule has 1 aromatic carbocycles. The highest BCUT2D eigenvalue weighted by Gasteiger charge is 2.42. The zero-order chi connectivity index (χ0) is 13.2. The number of nitrogens with zero attached hydrogens (tertiary/aromatic N) is 1. The van der Waals surface area contributed by atoms with Gasteiger partial charge in [0.15, 0.2) is 0 Å². The molecule has 1 heterocycles. The first-order chi connectivity index (χ1) is 8.52. The molecular formula is C16H24INO. The van der Waals surface area contributed by atoms with E-state index in [-0.39, 0.29) is 29.4 Å². The van der Waals surface area contributed by atoms with E-state index < -0.39 is 0 Å². The maximum Gasteiger partial charge on any atom is 0.130 e. The number of hydrogen-bond donors (Lipinski definition) is 0. The molecule has 0 N–H and O–H groups in total. The van der Waals surface area contributed by atoms with Crippen LogP contribution in [-0.4, -0.2) is 36.9 Å². The van der Waals surface area contributed by atoms with Crippen LogP contribution in [-0.2, 0) is 10.2 Å². The van der Waals surface area contributed by atoms with Gasteiger partial charge in [0.25, 0.3) is 0 Å². The van der Waals surface area contributed by atoms with E-state index in [9.17, 15) is 4.79 Å². The molecule has 106 valence electrons. The number of aldehydes is 1. The van der Waals surface area contributed by atoms with Gasteiger partial charge in [-0.3, -0.25) is 0 Å². The van der Waals surface area contributed by atoms with Gasteiger partial charge < -0.3 is 33.3 Å². The van der Waals surface area contributed by atoms with Gasteiger partial charge in [0.1, 0.15) is 6.29 Å². The standard InChI is InChI=1S/C16H24NO.HI/c1-14(2)17(3)11-9-16(13-18,10-12-17)15-7-5-4-6-8-15;/h4-8,13-14H,9-12H2,1-3H3;1H/q+1;/p-1. The Bertz CT molecular complexity index is 408. The Labute approximate surface area is 133 Å². The number of carbonyl (C=O) groups excluding carboxylic acids is 1. The first-order valence-corrected chi connectivity index (χ1v) is 6.88. The van der Waals surface area contributed by atoms with E-state index in [1.165, 1.54) is 11.8 Å². The molecule has 0 atom stereocenters. The van der Waals surface area contributed by atoms with Crippen LogP contribution in [0.4, 0.5) is 0 Å². The van der Waals surface area contributed by atoms with Crippen molar-refractivity contribution in [3.63, 3.8) is 0 Å². The molecule has 2 nitrogen and oxygen atoms in total. The minimum atomic E-state index is -0.242. The van der Waals surface area contributed by atoms with Crippen LogP contribution < -0.4 is 24.0 Å². The molecule has 0 spiro atoms. The molecule has 0 aromatic heterocycles. The lowest BCUT2D eigenvalue weighted by molar-refractivity contribution is -0.935. The minimum Gasteiger partial charge on any atom is -1.00 e. The number of benzene rings is 1. The smallest absolute Gasteiger partial charge is 0.130 e. The van der Waals surface area contributed by atoms with E-state index >= 15 is 0 Å². The summed E-state index contributed by atoms with van der Waals surface area (Å²) < 4.78 is 1.09. The Balaban J connectivity index is 0.00000180. The molecule has 0 saturated carbocycles. The first kappa shape index (κ1) is 16.6. The third-order valence-electron chi connectivity index (χ3n) is 4.96. The van der Waals surface area contributed by atoms with Gasteiger partial charge in [0, 0.05) is 12.8 Å². The van der Waals surface area contributed by atoms with Crippen molar-refractivity contribution in [3.8, 4) is 0 Å². The monoisotopic (exact) mass is 373 g/mol. The molecule has 19 heavy (non-hydrogen) atoms. The predicted molar refractivity (Wildman–Crippen MR) is 74.5 cm³/mol. The Morgan fingerprint density at radius 1 is 1.16 bits per heavy atom. The van der Waals surface area contributed by atoms with Crippen LogP contribution in [0.25, 0.3) is 0 Å². The molecule has 0 bridgehead atoms. The summed E-state index contributed by atoms with van der Waals surface area (Å²) in [5.41, 5.74) is 0.948. The van der Waals surface area contributed by atoms with Crippen molar-refractivity contribution < 1.29 is 33.3 Å². The lowest BCUT2D eigenvalue weighted by atomic mass is 9.73. The van der Waals surface area contributed by atoms with Crippen LogP contribution >= 0.6 is 0 Å². The van der Waals surface area contributed by atoms with E-state index in [1.807, 2.05) is 18.2 Å². The highest BCUT2D eigenvalue weighted by molar-refractivity contribution is 5.68. The van der Waals surface area contributed by atoms with Crippen molar-refractivity contribution >= 4 is 6.29 Å². The predicted octanol–water partition coefficient (Wildman–Crippen LogP) is -0.224. The topological polar surface area (TPSA) is 17.1 Å². The summed E-state index contributed by atoms with van der Waals surface area (Å²) in [6.45, 7) is 6.73. The summed E-state index contributed by atoms with van der Waals surface area (Å²) in [7, 11) is 2.31. The number of carbonyl (C=O) groups is 1. The molecule has 1 fully saturated rings. The van der Waals surface area contributed by atoms with Crippen molar-refractivity contribution in [2.75, 3.05) is 20.1 Å². The lowest BCUT2D eigenvalue weighted by Crippen LogP contribution is -3.00. The summed E-state index contributed by atoms with van der Waals surface area (Å²) in [5.74, 6) is 0. The molecule has 1 aliphatic heterocycles. The molecule has 3 heteroatoms. The number of rotatable bonds is 3. The molecule has 0 aliphatic carbocycles. The van der Waals surface area contributed by atoms with Crippen LogP contribution in [0.5, 0.6) is 0 Å². The van der Waals surface area contributed by atoms with Crippen LogP contribution in [0.3, 0.4) is 0 Å². The van der Waals surface area contributed by atoms with Crippen LogP contribution in [0.15, 0.2) is 30.3 Å². The second kappa shape index (κ2) is 6.35. The van der Waals surface area contributed by atoms with Crippen molar-refractivity contribution in [2.24, 2.45) is 0 Å². The fourth-order valence-electron chi connectivity index (χ4n) is 2.91. The fourth-order valence-corrected chi connectivity index (χ4v) is 2.91. The number of hydrogen-bond acceptors (Lipinski definition) is 1. The molecule has 1 saturated heterocycles. The molecule has 1 aliphatic rings. The third-order valence-corrected chi connectivity index (χ3v) is 4.96. The molecule has 0 radical (unpaired) electrons. The minimum absolute atomic E-state index is 0. The number of likely N-dealkylation sites (tertiary alicyclic amines) is 1. The zero-order valence-electron chi connectivity index (χ0n) is 12.1. The summed E-state index contributed by atoms with van der Waals surface area (Å²) in [6.07, 6.45) is 3.12. The van der Waals surface area contributed by atoms with E-state index in [4.69, 9.17) is 0 Å². The summed E-state index contributed by atoms with van der Waals surface area (Å²) in [4.78, 5) is 11.7. The van der Waals surface area contributed by atoms with Gasteiger partial charge in [-0.15, -0.1) is 0 Å². The molecular weight excluding hydrogens is 349 g/mol. The van der Waals surface area contributed by atoms with E-state index in [2.05, 4.69) is 33.0 Å². The summed E-state index contributed by atoms with van der Waals surface area (Å²) in [5, 5.41) is 0. The van der Waals surface area contributed by atoms with Gasteiger partial charge in [0.2, 0.25) is 0 Å². The van der Waals surface area contributed by atoms with Crippen LogP contribution in [0.2, 0.25) is 0 Å². The number of piperidine rings is 1. The van der Waals surface area contributed by atoms with Gasteiger partial charge in [-0.05, 0) is 19.4 Å². The average Bonchev–Trinajstić information content (AvgIpc) is 2.41. The van der Waals surface area contributed by atoms with Crippen molar-refractivity contribution in [3.05, 3.63) is 35.9 Å². The van der Waals surface area contributed by atoms with Crippen molar-refractivity contribution in [2.45, 2.75) is 38.1 Å². The Morgan fingerprint density at radius 2 is 1.68 bits per heavy atom. The third kappa shape index (κ3) is 3.19. The highest BCUT2D eigenvalue weighted by Crippen LogP contribution is 2.36. The normalized spacial score (nSPS) is 30.7. The van der Waals surface area contributed by atoms with Gasteiger partial charge in [0.05, 0.1) is 31.6 Å². The number of quaternary nitrogens is 1. The second-order valence-corrected chi connectivity index (χ2v) is 6.16. The van der Waals surface area contributed by atoms with Crippen molar-refractivity contribution in [1.29, 1.82) is 0 Å². The molecule has 1 aromatic rings. The van der Waals surface area contributed by atoms with E-state index in [0.717, 1.165) is 30.4 Å². The SMILES string of the molecule is CC(C)[N+]1(C)CCC(C=O)(c2ccccc2)CC1.[I-]. The van der Waals surface area contributed by atoms with Crippen molar-refractivity contribution in [1.82, 2.24) is 0 Å². The fraction of sp³-hybridized carbons (Fsp3) is 0.562. The highest BCUT2D eigenvalue weighted by atomic mass is 127. The molecule has 0 amide bonds. The largest absolute Gasteiger partial charge is 1.00 e. The van der Waals surface area contributed by atoms with Gasteiger partial charge in [-0.2, -0.15) is 0 Å². The van der Waals surface area contributed by atoms with E-state index in [0.29, 0.717) is 6.04 Å². The number of halogens is 1. The average molecular weight is 373 g/mol. The van der Waals surface area contributed by atoms with Gasteiger partial charge in [-0.1, -0.05) is 30.3 Å². The summed E-state index contributed by atoms with van der Waals surface area (Å²) in [6, 6.07) is 10.9. The quantitative estimate of drug-likeness (QED) is 0.407. The summed E-state index contributed by atoms with van der Waals surface area (Å²) >= 11 is 0. The van der Waals surface area contributed by atoms with Gasteiger partial charge >= 0.3 is 0 Å². The molecule has 0 unspecified atom stereocenters. The Kier molecular flexibility index (Phi) is 5.56.